The van der Waals surface area contributed by atoms with Gasteiger partial charge in [0.25, 0.3) is 17.3 Å². The maximum atomic E-state index is 13.7. The number of amides is 2. The average Bonchev–Trinajstić information content (AvgIpc) is 2.80. The number of nitrogens with one attached hydrogen (secondary N) is 2. The number of non-ortho nitro benzene ring substituents is 1. The molecule has 1 aliphatic heterocycles. The molecule has 11 heteroatoms. The van der Waals surface area contributed by atoms with Crippen LogP contribution in [0, 0.1) is 34.1 Å². The summed E-state index contributed by atoms with van der Waals surface area (Å²) in [5, 5.41) is 29.0. The maximum Gasteiger partial charge on any atom is 0.300 e. The number of anilines is 4. The maximum absolute atomic E-state index is 13.7. The molecule has 3 aromatic rings. The summed E-state index contributed by atoms with van der Waals surface area (Å²) in [7, 11) is 0. The number of fused-ring (bicyclic) bond motifs is 1. The van der Waals surface area contributed by atoms with Gasteiger partial charge in [-0.25, -0.2) is 0 Å². The fourth-order valence-electron chi connectivity index (χ4n) is 3.73. The van der Waals surface area contributed by atoms with Gasteiger partial charge in [-0.2, -0.15) is 0 Å². The quantitative estimate of drug-likeness (QED) is 0.421. The van der Waals surface area contributed by atoms with Crippen LogP contribution >= 0.6 is 0 Å². The molecular weight excluding hydrogens is 442 g/mol. The van der Waals surface area contributed by atoms with Crippen LogP contribution in [0.25, 0.3) is 0 Å². The number of hydrogen-bond acceptors (Lipinski definition) is 7. The molecule has 0 aromatic heterocycles. The Bertz CT molecular complexity index is 1370. The molecule has 172 valence electrons. The fourth-order valence-corrected chi connectivity index (χ4v) is 3.73. The number of para-hydroxylation sites is 2. The van der Waals surface area contributed by atoms with Crippen molar-refractivity contribution in [3.8, 4) is 0 Å². The lowest BCUT2D eigenvalue weighted by molar-refractivity contribution is -0.393. The molecule has 0 radical (unpaired) electrons. The highest BCUT2D eigenvalue weighted by molar-refractivity contribution is 6.18. The van der Waals surface area contributed by atoms with Crippen molar-refractivity contribution in [2.75, 3.05) is 22.1 Å². The average molecular weight is 461 g/mol. The Morgan fingerprint density at radius 3 is 2.47 bits per heavy atom. The van der Waals surface area contributed by atoms with E-state index in [1.165, 1.54) is 0 Å². The number of nitrogens with zero attached hydrogens (tertiary/aromatic N) is 3. The molecule has 1 heterocycles. The zero-order valence-electron chi connectivity index (χ0n) is 18.2. The molecule has 34 heavy (non-hydrogen) atoms. The minimum Gasteiger partial charge on any atom is -0.349 e. The highest BCUT2D eigenvalue weighted by atomic mass is 16.6. The van der Waals surface area contributed by atoms with Gasteiger partial charge >= 0.3 is 0 Å². The summed E-state index contributed by atoms with van der Waals surface area (Å²) in [5.74, 6) is -1.25. The van der Waals surface area contributed by atoms with Gasteiger partial charge in [-0.1, -0.05) is 24.3 Å². The smallest absolute Gasteiger partial charge is 0.300 e. The van der Waals surface area contributed by atoms with Crippen molar-refractivity contribution in [1.82, 2.24) is 0 Å². The molecule has 0 bridgehead atoms. The summed E-state index contributed by atoms with van der Waals surface area (Å²) in [5.41, 5.74) is 1.14. The molecule has 0 fully saturated rings. The highest BCUT2D eigenvalue weighted by Crippen LogP contribution is 2.39. The standard InChI is InChI=1S/C23H19N5O6/c1-13-7-8-14(2)18(9-13)25-22-16(10-15(27(31)32)11-20(22)28(33)34)23(30)26-12-21(29)24-17-5-3-4-6-19(17)26/h3-11,25H,12H2,1-2H3,(H,24,29). The van der Waals surface area contributed by atoms with Crippen LogP contribution in [0.1, 0.15) is 21.5 Å². The van der Waals surface area contributed by atoms with Gasteiger partial charge in [0.05, 0.1) is 32.9 Å². The number of nitro benzene ring substituents is 2. The zero-order chi connectivity index (χ0) is 24.6. The van der Waals surface area contributed by atoms with Crippen LogP contribution in [0.5, 0.6) is 0 Å². The summed E-state index contributed by atoms with van der Waals surface area (Å²) in [6.07, 6.45) is 0. The lowest BCUT2D eigenvalue weighted by Crippen LogP contribution is -2.42. The van der Waals surface area contributed by atoms with Crippen LogP contribution < -0.4 is 15.5 Å². The van der Waals surface area contributed by atoms with E-state index in [9.17, 15) is 29.8 Å². The molecular formula is C23H19N5O6. The molecule has 2 N–H and O–H groups in total. The van der Waals surface area contributed by atoms with Crippen LogP contribution in [0.15, 0.2) is 54.6 Å². The van der Waals surface area contributed by atoms with Crippen molar-refractivity contribution in [1.29, 1.82) is 0 Å². The van der Waals surface area contributed by atoms with E-state index in [-0.39, 0.29) is 17.8 Å². The SMILES string of the molecule is Cc1ccc(C)c(Nc2c(C(=O)N3CC(=O)Nc4ccccc43)cc([N+](=O)[O-])cc2[N+](=O)[O-])c1. The molecule has 0 spiro atoms. The first-order valence-corrected chi connectivity index (χ1v) is 10.2. The molecule has 0 aliphatic carbocycles. The first-order chi connectivity index (χ1) is 16.2. The summed E-state index contributed by atoms with van der Waals surface area (Å²) in [4.78, 5) is 48.9. The number of carbonyl (C=O) groups is 2. The third kappa shape index (κ3) is 4.13. The van der Waals surface area contributed by atoms with Crippen LogP contribution in [-0.4, -0.2) is 28.2 Å². The topological polar surface area (TPSA) is 148 Å². The van der Waals surface area contributed by atoms with Gasteiger partial charge in [0, 0.05) is 11.8 Å². The zero-order valence-corrected chi connectivity index (χ0v) is 18.2. The highest BCUT2D eigenvalue weighted by Gasteiger charge is 2.33. The molecule has 0 unspecified atom stereocenters. The first kappa shape index (κ1) is 22.4. The lowest BCUT2D eigenvalue weighted by Gasteiger charge is -2.29. The molecule has 0 atom stereocenters. The third-order valence-corrected chi connectivity index (χ3v) is 5.41. The number of nitro groups is 2. The molecule has 0 saturated heterocycles. The predicted octanol–water partition coefficient (Wildman–Crippen LogP) is 4.46. The Morgan fingerprint density at radius 2 is 1.76 bits per heavy atom. The largest absolute Gasteiger partial charge is 0.349 e. The van der Waals surface area contributed by atoms with Crippen LogP contribution in [0.2, 0.25) is 0 Å². The van der Waals surface area contributed by atoms with Crippen molar-refractivity contribution >= 4 is 45.9 Å². The normalized spacial score (nSPS) is 12.5. The van der Waals surface area contributed by atoms with Crippen LogP contribution in [0.4, 0.5) is 34.1 Å². The van der Waals surface area contributed by atoms with Crippen molar-refractivity contribution < 1.29 is 19.4 Å². The Balaban J connectivity index is 1.93. The van der Waals surface area contributed by atoms with Gasteiger partial charge < -0.3 is 10.6 Å². The van der Waals surface area contributed by atoms with E-state index in [0.29, 0.717) is 17.1 Å². The van der Waals surface area contributed by atoms with E-state index < -0.39 is 33.0 Å². The number of rotatable bonds is 5. The first-order valence-electron chi connectivity index (χ1n) is 10.2. The predicted molar refractivity (Wildman–Crippen MR) is 126 cm³/mol. The Labute approximate surface area is 193 Å². The fraction of sp³-hybridized carbons (Fsp3) is 0.130. The lowest BCUT2D eigenvalue weighted by atomic mass is 10.0. The van der Waals surface area contributed by atoms with E-state index in [0.717, 1.165) is 28.2 Å². The van der Waals surface area contributed by atoms with Gasteiger partial charge in [-0.3, -0.25) is 34.7 Å². The van der Waals surface area contributed by atoms with Crippen LogP contribution in [0.3, 0.4) is 0 Å². The molecule has 2 amide bonds. The molecule has 0 saturated carbocycles. The van der Waals surface area contributed by atoms with Crippen molar-refractivity contribution in [2.45, 2.75) is 13.8 Å². The second-order valence-corrected chi connectivity index (χ2v) is 7.80. The van der Waals surface area contributed by atoms with Crippen molar-refractivity contribution in [2.24, 2.45) is 0 Å². The number of aryl methyl sites for hydroxylation is 2. The van der Waals surface area contributed by atoms with E-state index in [1.807, 2.05) is 19.1 Å². The summed E-state index contributed by atoms with van der Waals surface area (Å²) < 4.78 is 0. The second-order valence-electron chi connectivity index (χ2n) is 7.80. The van der Waals surface area contributed by atoms with Crippen LogP contribution in [-0.2, 0) is 4.79 Å². The molecule has 1 aliphatic rings. The second kappa shape index (κ2) is 8.62. The number of benzene rings is 3. The van der Waals surface area contributed by atoms with E-state index in [1.54, 1.807) is 37.3 Å². The van der Waals surface area contributed by atoms with Crippen molar-refractivity contribution in [3.05, 3.63) is 91.5 Å². The number of carbonyl (C=O) groups excluding carboxylic acids is 2. The molecule has 11 nitrogen and oxygen atoms in total. The van der Waals surface area contributed by atoms with Gasteiger partial charge in [0.2, 0.25) is 5.91 Å². The third-order valence-electron chi connectivity index (χ3n) is 5.41. The minimum absolute atomic E-state index is 0.197. The minimum atomic E-state index is -0.803. The molecule has 3 aromatic carbocycles. The van der Waals surface area contributed by atoms with E-state index >= 15 is 0 Å². The van der Waals surface area contributed by atoms with Gasteiger partial charge in [-0.15, -0.1) is 0 Å². The monoisotopic (exact) mass is 461 g/mol. The van der Waals surface area contributed by atoms with E-state index in [4.69, 9.17) is 0 Å². The van der Waals surface area contributed by atoms with Gasteiger partial charge in [-0.05, 0) is 43.2 Å². The Hall–Kier alpha value is -4.80. The van der Waals surface area contributed by atoms with Gasteiger partial charge in [0.1, 0.15) is 12.2 Å². The summed E-state index contributed by atoms with van der Waals surface area (Å²) in [6, 6.07) is 13.8. The Kier molecular flexibility index (Phi) is 5.68. The molecule has 4 rings (SSSR count). The summed E-state index contributed by atoms with van der Waals surface area (Å²) in [6.45, 7) is 3.27. The number of hydrogen-bond donors (Lipinski definition) is 2. The van der Waals surface area contributed by atoms with Crippen molar-refractivity contribution in [3.63, 3.8) is 0 Å². The van der Waals surface area contributed by atoms with E-state index in [2.05, 4.69) is 10.6 Å². The summed E-state index contributed by atoms with van der Waals surface area (Å²) >= 11 is 0. The van der Waals surface area contributed by atoms with Gasteiger partial charge in [0.15, 0.2) is 0 Å². The Morgan fingerprint density at radius 1 is 1.03 bits per heavy atom.